The topological polar surface area (TPSA) is 67.0 Å². The van der Waals surface area contributed by atoms with Gasteiger partial charge in [0.25, 0.3) is 5.56 Å². The Hall–Kier alpha value is -1.65. The van der Waals surface area contributed by atoms with Crippen LogP contribution in [0.1, 0.15) is 5.56 Å². The van der Waals surface area contributed by atoms with Crippen LogP contribution in [0.5, 0.6) is 5.88 Å². The molecule has 70 valence electrons. The lowest BCUT2D eigenvalue weighted by atomic mass is 10.2. The first-order chi connectivity index (χ1) is 6.07. The highest BCUT2D eigenvalue weighted by Crippen LogP contribution is 2.27. The fourth-order valence-electron chi connectivity index (χ4n) is 1.01. The van der Waals surface area contributed by atoms with Crippen molar-refractivity contribution in [3.63, 3.8) is 0 Å². The number of hydrogen-bond donors (Lipinski definition) is 1. The Labute approximate surface area is 75.4 Å². The zero-order valence-electron chi connectivity index (χ0n) is 7.77. The highest BCUT2D eigenvalue weighted by atomic mass is 16.3. The third-order valence-electron chi connectivity index (χ3n) is 1.77. The number of aryl methyl sites for hydroxylation is 1. The summed E-state index contributed by atoms with van der Waals surface area (Å²) >= 11 is 0. The predicted octanol–water partition coefficient (Wildman–Crippen LogP) is 1.11. The Kier molecular flexibility index (Phi) is 2.46. The fraction of sp³-hybridized carbons (Fsp3) is 0.375. The average Bonchev–Trinajstić information content (AvgIpc) is 2.09. The van der Waals surface area contributed by atoms with Crippen molar-refractivity contribution in [2.75, 3.05) is 7.05 Å². The quantitative estimate of drug-likeness (QED) is 0.659. The van der Waals surface area contributed by atoms with E-state index in [0.717, 1.165) is 4.57 Å². The Morgan fingerprint density at radius 1 is 1.54 bits per heavy atom. The summed E-state index contributed by atoms with van der Waals surface area (Å²) in [7, 11) is 2.98. The molecular weight excluding hydrogens is 170 g/mol. The fourth-order valence-corrected chi connectivity index (χ4v) is 1.01. The van der Waals surface area contributed by atoms with Gasteiger partial charge in [-0.1, -0.05) is 0 Å². The molecule has 1 aromatic heterocycles. The van der Waals surface area contributed by atoms with Gasteiger partial charge in [0.2, 0.25) is 5.88 Å². The third kappa shape index (κ3) is 1.58. The largest absolute Gasteiger partial charge is 0.493 e. The first-order valence-electron chi connectivity index (χ1n) is 3.77. The smallest absolute Gasteiger partial charge is 0.253 e. The van der Waals surface area contributed by atoms with E-state index in [-0.39, 0.29) is 11.4 Å². The predicted molar refractivity (Wildman–Crippen MR) is 48.5 cm³/mol. The Balaban J connectivity index is 3.53. The average molecular weight is 181 g/mol. The van der Waals surface area contributed by atoms with Crippen LogP contribution in [0, 0.1) is 6.92 Å². The van der Waals surface area contributed by atoms with Gasteiger partial charge in [-0.2, -0.15) is 10.2 Å². The van der Waals surface area contributed by atoms with Crippen molar-refractivity contribution in [2.45, 2.75) is 6.92 Å². The van der Waals surface area contributed by atoms with Crippen molar-refractivity contribution in [1.29, 1.82) is 0 Å². The van der Waals surface area contributed by atoms with Gasteiger partial charge in [-0.25, -0.2) is 0 Å². The maximum Gasteiger partial charge on any atom is 0.253 e. The highest BCUT2D eigenvalue weighted by Gasteiger charge is 2.08. The lowest BCUT2D eigenvalue weighted by Gasteiger charge is -2.05. The molecule has 0 saturated heterocycles. The van der Waals surface area contributed by atoms with Gasteiger partial charge < -0.3 is 5.11 Å². The summed E-state index contributed by atoms with van der Waals surface area (Å²) in [6.07, 6.45) is 0. The van der Waals surface area contributed by atoms with Crippen LogP contribution in [0.3, 0.4) is 0 Å². The van der Waals surface area contributed by atoms with E-state index >= 15 is 0 Å². The molecule has 1 rings (SSSR count). The number of nitrogens with zero attached hydrogens (tertiary/aromatic N) is 3. The summed E-state index contributed by atoms with van der Waals surface area (Å²) in [4.78, 5) is 11.1. The minimum Gasteiger partial charge on any atom is -0.493 e. The molecular formula is C8H11N3O2. The molecule has 0 atom stereocenters. The number of hydrogen-bond acceptors (Lipinski definition) is 4. The van der Waals surface area contributed by atoms with Gasteiger partial charge in [0.05, 0.1) is 0 Å². The number of aromatic nitrogens is 1. The summed E-state index contributed by atoms with van der Waals surface area (Å²) in [6, 6.07) is 1.41. The monoisotopic (exact) mass is 181 g/mol. The van der Waals surface area contributed by atoms with Crippen molar-refractivity contribution in [2.24, 2.45) is 17.3 Å². The van der Waals surface area contributed by atoms with E-state index in [1.165, 1.54) is 20.2 Å². The molecule has 0 bridgehead atoms. The number of azo groups is 1. The molecule has 1 heterocycles. The summed E-state index contributed by atoms with van der Waals surface area (Å²) in [6.45, 7) is 1.70. The first-order valence-corrected chi connectivity index (χ1v) is 3.77. The Morgan fingerprint density at radius 3 is 2.69 bits per heavy atom. The molecule has 0 fully saturated rings. The van der Waals surface area contributed by atoms with E-state index in [1.807, 2.05) is 0 Å². The minimum atomic E-state index is -0.259. The van der Waals surface area contributed by atoms with E-state index in [0.29, 0.717) is 11.3 Å². The molecule has 0 saturated carbocycles. The number of rotatable bonds is 1. The molecule has 0 amide bonds. The van der Waals surface area contributed by atoms with E-state index < -0.39 is 0 Å². The van der Waals surface area contributed by atoms with Crippen LogP contribution in [0.15, 0.2) is 21.1 Å². The van der Waals surface area contributed by atoms with Crippen molar-refractivity contribution in [3.8, 4) is 5.88 Å². The van der Waals surface area contributed by atoms with Crippen LogP contribution in [0.2, 0.25) is 0 Å². The Morgan fingerprint density at radius 2 is 2.15 bits per heavy atom. The van der Waals surface area contributed by atoms with Crippen LogP contribution in [-0.2, 0) is 7.05 Å². The second-order valence-corrected chi connectivity index (χ2v) is 2.70. The van der Waals surface area contributed by atoms with Crippen LogP contribution in [0.25, 0.3) is 0 Å². The van der Waals surface area contributed by atoms with Crippen molar-refractivity contribution in [1.82, 2.24) is 4.57 Å². The molecule has 0 aliphatic heterocycles. The summed E-state index contributed by atoms with van der Waals surface area (Å²) in [5.41, 5.74) is 0.695. The SMILES string of the molecule is CN=Nc1c(C)cc(=O)n(C)c1O. The zero-order valence-corrected chi connectivity index (χ0v) is 7.77. The molecule has 13 heavy (non-hydrogen) atoms. The van der Waals surface area contributed by atoms with Crippen molar-refractivity contribution < 1.29 is 5.11 Å². The summed E-state index contributed by atoms with van der Waals surface area (Å²) in [5, 5.41) is 16.8. The lowest BCUT2D eigenvalue weighted by molar-refractivity contribution is 0.424. The van der Waals surface area contributed by atoms with Gasteiger partial charge in [0.1, 0.15) is 5.69 Å². The van der Waals surface area contributed by atoms with Crippen molar-refractivity contribution in [3.05, 3.63) is 22.0 Å². The third-order valence-corrected chi connectivity index (χ3v) is 1.77. The molecule has 0 spiro atoms. The number of aromatic hydroxyl groups is 1. The van der Waals surface area contributed by atoms with E-state index in [4.69, 9.17) is 0 Å². The maximum atomic E-state index is 11.1. The molecule has 0 radical (unpaired) electrons. The van der Waals surface area contributed by atoms with Gasteiger partial charge in [0.15, 0.2) is 0 Å². The zero-order chi connectivity index (χ0) is 10.0. The molecule has 5 nitrogen and oxygen atoms in total. The molecule has 0 aromatic carbocycles. The number of pyridine rings is 1. The summed E-state index contributed by atoms with van der Waals surface area (Å²) < 4.78 is 1.12. The normalized spacial score (nSPS) is 11.0. The molecule has 1 aromatic rings. The molecule has 1 N–H and O–H groups in total. The molecule has 0 aliphatic rings. The van der Waals surface area contributed by atoms with E-state index in [2.05, 4.69) is 10.2 Å². The Bertz CT molecular complexity index is 407. The second kappa shape index (κ2) is 3.38. The highest BCUT2D eigenvalue weighted by molar-refractivity contribution is 5.52. The minimum absolute atomic E-state index is 0.157. The van der Waals surface area contributed by atoms with Gasteiger partial charge >= 0.3 is 0 Å². The van der Waals surface area contributed by atoms with Gasteiger partial charge in [-0.05, 0) is 12.5 Å². The van der Waals surface area contributed by atoms with Gasteiger partial charge in [0, 0.05) is 20.2 Å². The van der Waals surface area contributed by atoms with E-state index in [1.54, 1.807) is 6.92 Å². The van der Waals surface area contributed by atoms with Crippen molar-refractivity contribution >= 4 is 5.69 Å². The van der Waals surface area contributed by atoms with Crippen LogP contribution >= 0.6 is 0 Å². The molecule has 0 aliphatic carbocycles. The maximum absolute atomic E-state index is 11.1. The first kappa shape index (κ1) is 9.44. The van der Waals surface area contributed by atoms with Gasteiger partial charge in [-0.15, -0.1) is 0 Å². The van der Waals surface area contributed by atoms with Crippen LogP contribution in [0.4, 0.5) is 5.69 Å². The standard InChI is InChI=1S/C8H11N3O2/c1-5-4-6(12)11(3)8(13)7(5)10-9-2/h4,13H,1-3H3. The molecule has 0 unspecified atom stereocenters. The molecule has 5 heteroatoms. The lowest BCUT2D eigenvalue weighted by Crippen LogP contribution is -2.15. The van der Waals surface area contributed by atoms with Gasteiger partial charge in [-0.3, -0.25) is 9.36 Å². The van der Waals surface area contributed by atoms with Crippen LogP contribution in [-0.4, -0.2) is 16.7 Å². The van der Waals surface area contributed by atoms with E-state index in [9.17, 15) is 9.90 Å². The second-order valence-electron chi connectivity index (χ2n) is 2.70. The van der Waals surface area contributed by atoms with Crippen LogP contribution < -0.4 is 5.56 Å². The summed E-state index contributed by atoms with van der Waals surface area (Å²) in [5.74, 6) is -0.157.